The maximum absolute atomic E-state index is 13.4. The molecular formula is C23H25N3O3. The van der Waals surface area contributed by atoms with Crippen molar-refractivity contribution in [1.29, 1.82) is 0 Å². The molecule has 1 saturated heterocycles. The van der Waals surface area contributed by atoms with Crippen LogP contribution in [0.5, 0.6) is 11.5 Å². The van der Waals surface area contributed by atoms with E-state index in [1.165, 1.54) is 0 Å². The number of para-hydroxylation sites is 1. The lowest BCUT2D eigenvalue weighted by Crippen LogP contribution is -2.31. The first kappa shape index (κ1) is 19.1. The molecule has 6 nitrogen and oxygen atoms in total. The smallest absolute Gasteiger partial charge is 0.257 e. The highest BCUT2D eigenvalue weighted by Gasteiger charge is 2.32. The molecule has 0 aliphatic carbocycles. The number of methoxy groups -OCH3 is 2. The van der Waals surface area contributed by atoms with Crippen LogP contribution in [0.3, 0.4) is 0 Å². The first-order valence-corrected chi connectivity index (χ1v) is 9.77. The quantitative estimate of drug-likeness (QED) is 0.655. The van der Waals surface area contributed by atoms with Crippen molar-refractivity contribution in [2.75, 3.05) is 20.8 Å². The summed E-state index contributed by atoms with van der Waals surface area (Å²) in [6.45, 7) is 2.67. The third kappa shape index (κ3) is 3.46. The van der Waals surface area contributed by atoms with Crippen molar-refractivity contribution < 1.29 is 14.3 Å². The third-order valence-corrected chi connectivity index (χ3v) is 5.55. The molecule has 0 N–H and O–H groups in total. The van der Waals surface area contributed by atoms with Crippen molar-refractivity contribution in [2.45, 2.75) is 25.8 Å². The maximum Gasteiger partial charge on any atom is 0.257 e. The van der Waals surface area contributed by atoms with Crippen LogP contribution in [0.4, 0.5) is 0 Å². The van der Waals surface area contributed by atoms with Gasteiger partial charge in [-0.15, -0.1) is 0 Å². The number of hydrogen-bond donors (Lipinski definition) is 0. The molecule has 0 radical (unpaired) electrons. The number of aromatic nitrogens is 2. The van der Waals surface area contributed by atoms with Crippen LogP contribution in [-0.4, -0.2) is 41.4 Å². The van der Waals surface area contributed by atoms with Crippen LogP contribution in [0.2, 0.25) is 0 Å². The van der Waals surface area contributed by atoms with E-state index in [4.69, 9.17) is 9.47 Å². The van der Waals surface area contributed by atoms with E-state index in [2.05, 4.69) is 5.10 Å². The summed E-state index contributed by atoms with van der Waals surface area (Å²) < 4.78 is 12.6. The van der Waals surface area contributed by atoms with Gasteiger partial charge in [-0.05, 0) is 49.6 Å². The van der Waals surface area contributed by atoms with Crippen LogP contribution in [0.15, 0.2) is 54.7 Å². The Hall–Kier alpha value is -3.28. The van der Waals surface area contributed by atoms with Crippen LogP contribution in [0.25, 0.3) is 5.69 Å². The van der Waals surface area contributed by atoms with E-state index in [0.29, 0.717) is 17.1 Å². The molecule has 29 heavy (non-hydrogen) atoms. The minimum absolute atomic E-state index is 0.0155. The predicted molar refractivity (Wildman–Crippen MR) is 111 cm³/mol. The fourth-order valence-corrected chi connectivity index (χ4v) is 4.02. The fourth-order valence-electron chi connectivity index (χ4n) is 4.02. The van der Waals surface area contributed by atoms with E-state index in [1.54, 1.807) is 20.4 Å². The number of rotatable bonds is 5. The summed E-state index contributed by atoms with van der Waals surface area (Å²) in [5.74, 6) is 1.38. The van der Waals surface area contributed by atoms with Gasteiger partial charge in [-0.1, -0.05) is 24.3 Å². The first-order valence-electron chi connectivity index (χ1n) is 9.77. The fraction of sp³-hybridized carbons (Fsp3) is 0.304. The van der Waals surface area contributed by atoms with Crippen LogP contribution in [-0.2, 0) is 0 Å². The Labute approximate surface area is 170 Å². The van der Waals surface area contributed by atoms with Gasteiger partial charge in [-0.3, -0.25) is 4.79 Å². The number of ether oxygens (including phenoxy) is 2. The van der Waals surface area contributed by atoms with E-state index in [1.807, 2.05) is 65.0 Å². The minimum Gasteiger partial charge on any atom is -0.493 e. The number of carbonyl (C=O) groups is 1. The molecule has 150 valence electrons. The summed E-state index contributed by atoms with van der Waals surface area (Å²) in [5, 5.41) is 4.46. The number of carbonyl (C=O) groups excluding carboxylic acids is 1. The second kappa shape index (κ2) is 7.99. The average Bonchev–Trinajstić information content (AvgIpc) is 3.40. The van der Waals surface area contributed by atoms with Crippen molar-refractivity contribution in [1.82, 2.24) is 14.7 Å². The zero-order valence-electron chi connectivity index (χ0n) is 17.0. The number of benzene rings is 2. The highest BCUT2D eigenvalue weighted by molar-refractivity contribution is 5.95. The summed E-state index contributed by atoms with van der Waals surface area (Å²) in [7, 11) is 3.25. The Bertz CT molecular complexity index is 1010. The van der Waals surface area contributed by atoms with E-state index in [0.717, 1.165) is 36.3 Å². The second-order valence-corrected chi connectivity index (χ2v) is 7.16. The minimum atomic E-state index is 0.0155. The van der Waals surface area contributed by atoms with Gasteiger partial charge in [0.25, 0.3) is 5.91 Å². The van der Waals surface area contributed by atoms with Crippen LogP contribution in [0, 0.1) is 6.92 Å². The third-order valence-electron chi connectivity index (χ3n) is 5.55. The van der Waals surface area contributed by atoms with Crippen molar-refractivity contribution in [3.63, 3.8) is 0 Å². The SMILES string of the molecule is COc1ccc(C2CCCN2C(=O)c2cnn(-c3ccccc3)c2C)cc1OC. The Morgan fingerprint density at radius 3 is 2.55 bits per heavy atom. The molecular weight excluding hydrogens is 366 g/mol. The monoisotopic (exact) mass is 391 g/mol. The molecule has 1 amide bonds. The zero-order valence-corrected chi connectivity index (χ0v) is 17.0. The van der Waals surface area contributed by atoms with Gasteiger partial charge in [0.05, 0.1) is 43.4 Å². The van der Waals surface area contributed by atoms with Gasteiger partial charge in [0.15, 0.2) is 11.5 Å². The van der Waals surface area contributed by atoms with Crippen LogP contribution >= 0.6 is 0 Å². The van der Waals surface area contributed by atoms with Gasteiger partial charge in [0, 0.05) is 6.54 Å². The molecule has 4 rings (SSSR count). The number of amides is 1. The van der Waals surface area contributed by atoms with Crippen molar-refractivity contribution in [2.24, 2.45) is 0 Å². The Balaban J connectivity index is 1.63. The van der Waals surface area contributed by atoms with Gasteiger partial charge in [-0.2, -0.15) is 5.10 Å². The van der Waals surface area contributed by atoms with E-state index >= 15 is 0 Å². The zero-order chi connectivity index (χ0) is 20.4. The van der Waals surface area contributed by atoms with E-state index in [-0.39, 0.29) is 11.9 Å². The Kier molecular flexibility index (Phi) is 5.25. The predicted octanol–water partition coefficient (Wildman–Crippen LogP) is 4.18. The average molecular weight is 391 g/mol. The molecule has 0 saturated carbocycles. The van der Waals surface area contributed by atoms with Gasteiger partial charge in [0.1, 0.15) is 0 Å². The normalized spacial score (nSPS) is 16.1. The van der Waals surface area contributed by atoms with Crippen LogP contribution < -0.4 is 9.47 Å². The molecule has 1 fully saturated rings. The van der Waals surface area contributed by atoms with Crippen molar-refractivity contribution >= 4 is 5.91 Å². The molecule has 0 spiro atoms. The van der Waals surface area contributed by atoms with Gasteiger partial charge < -0.3 is 14.4 Å². The number of nitrogens with zero attached hydrogens (tertiary/aromatic N) is 3. The molecule has 1 aliphatic rings. The molecule has 3 aromatic rings. The highest BCUT2D eigenvalue weighted by Crippen LogP contribution is 2.37. The largest absolute Gasteiger partial charge is 0.493 e. The maximum atomic E-state index is 13.4. The Morgan fingerprint density at radius 2 is 1.83 bits per heavy atom. The molecule has 6 heteroatoms. The molecule has 1 atom stereocenters. The molecule has 2 aromatic carbocycles. The van der Waals surface area contributed by atoms with Crippen LogP contribution in [0.1, 0.15) is 40.5 Å². The molecule has 2 heterocycles. The lowest BCUT2D eigenvalue weighted by molar-refractivity contribution is 0.0734. The van der Waals surface area contributed by atoms with Gasteiger partial charge in [-0.25, -0.2) is 4.68 Å². The van der Waals surface area contributed by atoms with Gasteiger partial charge in [0.2, 0.25) is 0 Å². The molecule has 1 aromatic heterocycles. The lowest BCUT2D eigenvalue weighted by Gasteiger charge is -2.25. The van der Waals surface area contributed by atoms with E-state index < -0.39 is 0 Å². The van der Waals surface area contributed by atoms with Gasteiger partial charge >= 0.3 is 0 Å². The topological polar surface area (TPSA) is 56.6 Å². The Morgan fingerprint density at radius 1 is 1.07 bits per heavy atom. The molecule has 0 bridgehead atoms. The summed E-state index contributed by atoms with van der Waals surface area (Å²) >= 11 is 0. The summed E-state index contributed by atoms with van der Waals surface area (Å²) in [6, 6.07) is 15.7. The number of hydrogen-bond acceptors (Lipinski definition) is 4. The molecule has 1 aliphatic heterocycles. The standard InChI is InChI=1S/C23H25N3O3/c1-16-19(15-24-26(16)18-8-5-4-6-9-18)23(27)25-13-7-10-20(25)17-11-12-21(28-2)22(14-17)29-3/h4-6,8-9,11-12,14-15,20H,7,10,13H2,1-3H3. The summed E-state index contributed by atoms with van der Waals surface area (Å²) in [6.07, 6.45) is 3.57. The second-order valence-electron chi connectivity index (χ2n) is 7.16. The van der Waals surface area contributed by atoms with Crippen molar-refractivity contribution in [3.8, 4) is 17.2 Å². The lowest BCUT2D eigenvalue weighted by atomic mass is 10.0. The molecule has 1 unspecified atom stereocenters. The number of likely N-dealkylation sites (tertiary alicyclic amines) is 1. The van der Waals surface area contributed by atoms with Crippen molar-refractivity contribution in [3.05, 3.63) is 71.5 Å². The highest BCUT2D eigenvalue weighted by atomic mass is 16.5. The summed E-state index contributed by atoms with van der Waals surface area (Å²) in [5.41, 5.74) is 3.49. The first-order chi connectivity index (χ1) is 14.1. The van der Waals surface area contributed by atoms with E-state index in [9.17, 15) is 4.79 Å². The summed E-state index contributed by atoms with van der Waals surface area (Å²) in [4.78, 5) is 15.3.